The van der Waals surface area contributed by atoms with Crippen LogP contribution in [0.5, 0.6) is 5.75 Å². The second-order valence-corrected chi connectivity index (χ2v) is 5.78. The quantitative estimate of drug-likeness (QED) is 0.597. The van der Waals surface area contributed by atoms with Crippen LogP contribution in [0.2, 0.25) is 0 Å². The third-order valence-corrected chi connectivity index (χ3v) is 3.54. The Bertz CT molecular complexity index is 717. The van der Waals surface area contributed by atoms with Crippen LogP contribution in [0.1, 0.15) is 22.7 Å². The Kier molecular flexibility index (Phi) is 6.77. The minimum Gasteiger partial charge on any atom is -0.406 e. The van der Waals surface area contributed by atoms with Crippen LogP contribution in [0.25, 0.3) is 0 Å². The van der Waals surface area contributed by atoms with Gasteiger partial charge in [-0.25, -0.2) is 0 Å². The van der Waals surface area contributed by atoms with Crippen LogP contribution < -0.4 is 10.5 Å². The molecule has 0 bridgehead atoms. The van der Waals surface area contributed by atoms with Gasteiger partial charge in [0, 0.05) is 4.47 Å². The van der Waals surface area contributed by atoms with Crippen molar-refractivity contribution in [1.29, 1.82) is 0 Å². The Morgan fingerprint density at radius 1 is 0.880 bits per heavy atom. The Morgan fingerprint density at radius 2 is 1.44 bits per heavy atom. The summed E-state index contributed by atoms with van der Waals surface area (Å²) in [6, 6.07) is 6.91. The van der Waals surface area contributed by atoms with E-state index < -0.39 is 29.9 Å². The number of halogens is 8. The van der Waals surface area contributed by atoms with Gasteiger partial charge in [-0.1, -0.05) is 28.1 Å². The largest absolute Gasteiger partial charge is 0.573 e. The molecule has 138 valence electrons. The van der Waals surface area contributed by atoms with E-state index in [1.807, 2.05) is 0 Å². The van der Waals surface area contributed by atoms with E-state index >= 15 is 0 Å². The monoisotopic (exact) mass is 449 g/mol. The molecule has 2 aromatic carbocycles. The zero-order valence-electron chi connectivity index (χ0n) is 12.2. The molecule has 0 aliphatic rings. The molecule has 0 aliphatic carbocycles. The molecule has 2 N–H and O–H groups in total. The van der Waals surface area contributed by atoms with Crippen molar-refractivity contribution in [3.8, 4) is 5.75 Å². The Balaban J connectivity index is 0.00000312. The van der Waals surface area contributed by atoms with Crippen LogP contribution in [0, 0.1) is 0 Å². The third-order valence-electron chi connectivity index (χ3n) is 3.08. The molecule has 0 heterocycles. The van der Waals surface area contributed by atoms with Crippen LogP contribution in [-0.2, 0) is 6.18 Å². The third kappa shape index (κ3) is 6.09. The topological polar surface area (TPSA) is 35.2 Å². The molecule has 0 aromatic heterocycles. The van der Waals surface area contributed by atoms with Crippen LogP contribution in [0.15, 0.2) is 46.9 Å². The van der Waals surface area contributed by atoms with Gasteiger partial charge in [-0.05, 0) is 41.5 Å². The molecule has 0 saturated carbocycles. The first-order chi connectivity index (χ1) is 11.0. The summed E-state index contributed by atoms with van der Waals surface area (Å²) in [7, 11) is 0. The van der Waals surface area contributed by atoms with Gasteiger partial charge >= 0.3 is 12.5 Å². The molecule has 0 spiro atoms. The first-order valence-electron chi connectivity index (χ1n) is 6.45. The van der Waals surface area contributed by atoms with Gasteiger partial charge < -0.3 is 10.5 Å². The zero-order valence-corrected chi connectivity index (χ0v) is 14.6. The van der Waals surface area contributed by atoms with Gasteiger partial charge in [0.15, 0.2) is 0 Å². The van der Waals surface area contributed by atoms with E-state index in [2.05, 4.69) is 20.7 Å². The maximum atomic E-state index is 12.8. The average molecular weight is 451 g/mol. The highest BCUT2D eigenvalue weighted by Crippen LogP contribution is 2.34. The Labute approximate surface area is 153 Å². The van der Waals surface area contributed by atoms with Crippen LogP contribution in [0.3, 0.4) is 0 Å². The molecule has 2 nitrogen and oxygen atoms in total. The van der Waals surface area contributed by atoms with Gasteiger partial charge in [-0.3, -0.25) is 0 Å². The fourth-order valence-electron chi connectivity index (χ4n) is 2.02. The molecule has 0 unspecified atom stereocenters. The number of benzene rings is 2. The maximum Gasteiger partial charge on any atom is 0.573 e. The van der Waals surface area contributed by atoms with Gasteiger partial charge in [0.25, 0.3) is 0 Å². The summed E-state index contributed by atoms with van der Waals surface area (Å²) in [4.78, 5) is 0. The van der Waals surface area contributed by atoms with Crippen molar-refractivity contribution in [3.05, 3.63) is 63.6 Å². The van der Waals surface area contributed by atoms with E-state index in [-0.39, 0.29) is 22.4 Å². The molecule has 0 amide bonds. The lowest BCUT2D eigenvalue weighted by Gasteiger charge is -2.16. The molecule has 0 saturated heterocycles. The number of nitrogens with two attached hydrogens (primary N) is 1. The van der Waals surface area contributed by atoms with Gasteiger partial charge in [0.1, 0.15) is 5.75 Å². The lowest BCUT2D eigenvalue weighted by molar-refractivity contribution is -0.274. The summed E-state index contributed by atoms with van der Waals surface area (Å²) < 4.78 is 78.8. The van der Waals surface area contributed by atoms with Crippen molar-refractivity contribution in [2.75, 3.05) is 0 Å². The average Bonchev–Trinajstić information content (AvgIpc) is 2.44. The lowest BCUT2D eigenvalue weighted by Crippen LogP contribution is -2.17. The van der Waals surface area contributed by atoms with Crippen LogP contribution in [0.4, 0.5) is 26.3 Å². The van der Waals surface area contributed by atoms with E-state index in [4.69, 9.17) is 5.73 Å². The fraction of sp³-hybridized carbons (Fsp3) is 0.200. The van der Waals surface area contributed by atoms with E-state index in [1.54, 1.807) is 0 Å². The van der Waals surface area contributed by atoms with Crippen molar-refractivity contribution < 1.29 is 31.1 Å². The maximum absolute atomic E-state index is 12.8. The molecule has 0 radical (unpaired) electrons. The number of ether oxygens (including phenoxy) is 1. The molecule has 2 aromatic rings. The highest BCUT2D eigenvalue weighted by molar-refractivity contribution is 9.10. The van der Waals surface area contributed by atoms with Crippen LogP contribution >= 0.6 is 28.3 Å². The van der Waals surface area contributed by atoms with Crippen molar-refractivity contribution in [2.24, 2.45) is 5.73 Å². The predicted molar refractivity (Wildman–Crippen MR) is 85.5 cm³/mol. The van der Waals surface area contributed by atoms with Crippen molar-refractivity contribution in [1.82, 2.24) is 0 Å². The summed E-state index contributed by atoms with van der Waals surface area (Å²) in [6.45, 7) is 0. The van der Waals surface area contributed by atoms with E-state index in [9.17, 15) is 26.3 Å². The first-order valence-corrected chi connectivity index (χ1v) is 7.24. The number of hydrogen-bond acceptors (Lipinski definition) is 2. The smallest absolute Gasteiger partial charge is 0.406 e. The summed E-state index contributed by atoms with van der Waals surface area (Å²) in [5.74, 6) is -0.441. The number of alkyl halides is 6. The van der Waals surface area contributed by atoms with Gasteiger partial charge in [0.05, 0.1) is 11.6 Å². The summed E-state index contributed by atoms with van der Waals surface area (Å²) >= 11 is 2.99. The normalized spacial score (nSPS) is 13.1. The van der Waals surface area contributed by atoms with E-state index in [1.165, 1.54) is 18.2 Å². The SMILES string of the molecule is Cl.N[C@H](c1ccc(OC(F)(F)F)cc1)c1cc(Br)cc(C(F)(F)F)c1. The second kappa shape index (κ2) is 7.84. The predicted octanol–water partition coefficient (Wildman–Crippen LogP) is 5.84. The molecular formula is C15H11BrClF6NO. The number of rotatable bonds is 3. The minimum absolute atomic E-state index is 0. The molecule has 0 fully saturated rings. The number of hydrogen-bond donors (Lipinski definition) is 1. The highest BCUT2D eigenvalue weighted by Gasteiger charge is 2.32. The summed E-state index contributed by atoms with van der Waals surface area (Å²) in [5, 5.41) is 0. The highest BCUT2D eigenvalue weighted by atomic mass is 79.9. The van der Waals surface area contributed by atoms with E-state index in [0.29, 0.717) is 5.56 Å². The summed E-state index contributed by atoms with van der Waals surface area (Å²) in [6.07, 6.45) is -9.36. The van der Waals surface area contributed by atoms with Gasteiger partial charge in [-0.2, -0.15) is 13.2 Å². The standard InChI is InChI=1S/C15H10BrF6NO.ClH/c16-11-6-9(5-10(7-11)14(17,18)19)13(23)8-1-3-12(4-2-8)24-15(20,21)22;/h1-7,13H,23H2;1H/t13-;/m1./s1. The second-order valence-electron chi connectivity index (χ2n) is 4.87. The Hall–Kier alpha value is -1.45. The molecule has 0 aliphatic heterocycles. The van der Waals surface area contributed by atoms with Crippen molar-refractivity contribution in [3.63, 3.8) is 0 Å². The molecule has 2 rings (SSSR count). The fourth-order valence-corrected chi connectivity index (χ4v) is 2.54. The minimum atomic E-state index is -4.82. The molecular weight excluding hydrogens is 440 g/mol. The lowest BCUT2D eigenvalue weighted by atomic mass is 9.98. The first kappa shape index (κ1) is 21.6. The molecule has 25 heavy (non-hydrogen) atoms. The van der Waals surface area contributed by atoms with Crippen molar-refractivity contribution in [2.45, 2.75) is 18.6 Å². The Morgan fingerprint density at radius 3 is 1.92 bits per heavy atom. The van der Waals surface area contributed by atoms with Crippen LogP contribution in [-0.4, -0.2) is 6.36 Å². The summed E-state index contributed by atoms with van der Waals surface area (Å²) in [5.41, 5.74) is 5.56. The van der Waals surface area contributed by atoms with Gasteiger partial charge in [0.2, 0.25) is 0 Å². The molecule has 10 heteroatoms. The van der Waals surface area contributed by atoms with Crippen molar-refractivity contribution >= 4 is 28.3 Å². The van der Waals surface area contributed by atoms with E-state index in [0.717, 1.165) is 24.3 Å². The zero-order chi connectivity index (χ0) is 18.1. The molecule has 1 atom stereocenters. The van der Waals surface area contributed by atoms with Gasteiger partial charge in [-0.15, -0.1) is 25.6 Å².